The van der Waals surface area contributed by atoms with Gasteiger partial charge in [0.15, 0.2) is 0 Å². The summed E-state index contributed by atoms with van der Waals surface area (Å²) in [5.41, 5.74) is 0.297. The number of carbonyl (C=O) groups is 2. The molecule has 0 aliphatic carbocycles. The topological polar surface area (TPSA) is 116 Å². The average molecular weight is 425 g/mol. The van der Waals surface area contributed by atoms with Gasteiger partial charge >= 0.3 is 0 Å². The standard InChI is InChI=1S/C22H27N5O4/c1-12-6-4-7-13(2)27(12)22-25-19-18(21(30)26-22)16(11-17(28)24-19)20(29)23-14-8-5-9-15(10-14)31-3/h5,8-10,12-13,16H,4,6-7,11H2,1-3H3,(H,23,29)(H2,24,25,26,28,30). The fourth-order valence-electron chi connectivity index (χ4n) is 4.47. The molecule has 0 radical (unpaired) electrons. The van der Waals surface area contributed by atoms with Crippen LogP contribution in [0.4, 0.5) is 17.5 Å². The SMILES string of the molecule is COc1cccc(NC(=O)C2CC(=O)Nc3nc(N4C(C)CCCC4C)[nH]c(=O)c32)c1. The molecule has 2 aliphatic heterocycles. The van der Waals surface area contributed by atoms with E-state index in [-0.39, 0.29) is 35.8 Å². The summed E-state index contributed by atoms with van der Waals surface area (Å²) in [5, 5.41) is 5.46. The van der Waals surface area contributed by atoms with Gasteiger partial charge in [-0.05, 0) is 45.2 Å². The number of carbonyl (C=O) groups excluding carboxylic acids is 2. The van der Waals surface area contributed by atoms with Gasteiger partial charge in [-0.15, -0.1) is 0 Å². The Hall–Kier alpha value is -3.36. The number of H-pyrrole nitrogens is 1. The second-order valence-corrected chi connectivity index (χ2v) is 8.21. The normalized spacial score (nSPS) is 23.0. The Morgan fingerprint density at radius 3 is 2.68 bits per heavy atom. The van der Waals surface area contributed by atoms with Crippen molar-refractivity contribution in [2.75, 3.05) is 22.6 Å². The molecular formula is C22H27N5O4. The third kappa shape index (κ3) is 4.12. The van der Waals surface area contributed by atoms with E-state index in [4.69, 9.17) is 4.74 Å². The van der Waals surface area contributed by atoms with Gasteiger partial charge in [0.1, 0.15) is 11.6 Å². The molecule has 0 saturated carbocycles. The highest BCUT2D eigenvalue weighted by Crippen LogP contribution is 2.32. The number of fused-ring (bicyclic) bond motifs is 1. The van der Waals surface area contributed by atoms with E-state index in [1.807, 2.05) is 0 Å². The smallest absolute Gasteiger partial charge is 0.258 e. The Balaban J connectivity index is 1.66. The number of amides is 2. The van der Waals surface area contributed by atoms with E-state index in [0.717, 1.165) is 19.3 Å². The van der Waals surface area contributed by atoms with Crippen LogP contribution >= 0.6 is 0 Å². The molecular weight excluding hydrogens is 398 g/mol. The third-order valence-electron chi connectivity index (χ3n) is 6.03. The largest absolute Gasteiger partial charge is 0.497 e. The van der Waals surface area contributed by atoms with Crippen molar-refractivity contribution in [3.63, 3.8) is 0 Å². The van der Waals surface area contributed by atoms with Gasteiger partial charge in [-0.1, -0.05) is 6.07 Å². The molecule has 3 atom stereocenters. The van der Waals surface area contributed by atoms with Crippen molar-refractivity contribution in [2.45, 2.75) is 57.5 Å². The number of hydrogen-bond acceptors (Lipinski definition) is 6. The van der Waals surface area contributed by atoms with Gasteiger partial charge < -0.3 is 20.3 Å². The van der Waals surface area contributed by atoms with Gasteiger partial charge in [-0.2, -0.15) is 4.98 Å². The number of rotatable bonds is 4. The maximum absolute atomic E-state index is 13.0. The van der Waals surface area contributed by atoms with E-state index in [0.29, 0.717) is 17.4 Å². The van der Waals surface area contributed by atoms with Gasteiger partial charge in [0, 0.05) is 30.3 Å². The van der Waals surface area contributed by atoms with Crippen LogP contribution < -0.4 is 25.8 Å². The Labute approximate surface area is 180 Å². The van der Waals surface area contributed by atoms with Crippen molar-refractivity contribution in [3.05, 3.63) is 40.2 Å². The van der Waals surface area contributed by atoms with Crippen LogP contribution in [0.2, 0.25) is 0 Å². The van der Waals surface area contributed by atoms with Crippen molar-refractivity contribution in [1.82, 2.24) is 9.97 Å². The number of anilines is 3. The summed E-state index contributed by atoms with van der Waals surface area (Å²) >= 11 is 0. The number of ether oxygens (including phenoxy) is 1. The lowest BCUT2D eigenvalue weighted by molar-refractivity contribution is -0.123. The quantitative estimate of drug-likeness (QED) is 0.693. The number of aromatic nitrogens is 2. The second-order valence-electron chi connectivity index (χ2n) is 8.21. The van der Waals surface area contributed by atoms with Crippen molar-refractivity contribution in [2.24, 2.45) is 0 Å². The van der Waals surface area contributed by atoms with Crippen LogP contribution in [-0.2, 0) is 9.59 Å². The number of nitrogens with one attached hydrogen (secondary N) is 3. The molecule has 9 heteroatoms. The summed E-state index contributed by atoms with van der Waals surface area (Å²) in [6.07, 6.45) is 3.01. The van der Waals surface area contributed by atoms with Crippen molar-refractivity contribution >= 4 is 29.3 Å². The minimum atomic E-state index is -0.934. The molecule has 1 saturated heterocycles. The molecule has 2 aromatic rings. The molecule has 4 rings (SSSR count). The molecule has 2 amide bonds. The molecule has 3 N–H and O–H groups in total. The number of hydrogen-bond donors (Lipinski definition) is 3. The molecule has 1 fully saturated rings. The molecule has 3 heterocycles. The third-order valence-corrected chi connectivity index (χ3v) is 6.03. The molecule has 164 valence electrons. The monoisotopic (exact) mass is 425 g/mol. The van der Waals surface area contributed by atoms with E-state index < -0.39 is 17.4 Å². The van der Waals surface area contributed by atoms with Crippen LogP contribution in [0.15, 0.2) is 29.1 Å². The first kappa shape index (κ1) is 20.9. The summed E-state index contributed by atoms with van der Waals surface area (Å²) in [7, 11) is 1.54. The highest BCUT2D eigenvalue weighted by atomic mass is 16.5. The van der Waals surface area contributed by atoms with Gasteiger partial charge in [0.05, 0.1) is 18.6 Å². The van der Waals surface area contributed by atoms with E-state index in [1.165, 1.54) is 7.11 Å². The highest BCUT2D eigenvalue weighted by Gasteiger charge is 2.36. The lowest BCUT2D eigenvalue weighted by Crippen LogP contribution is -2.46. The van der Waals surface area contributed by atoms with Crippen LogP contribution in [0.5, 0.6) is 5.75 Å². The van der Waals surface area contributed by atoms with Crippen LogP contribution in [0.1, 0.15) is 51.0 Å². The van der Waals surface area contributed by atoms with E-state index in [9.17, 15) is 14.4 Å². The zero-order valence-electron chi connectivity index (χ0n) is 17.9. The van der Waals surface area contributed by atoms with Crippen LogP contribution in [-0.4, -0.2) is 41.0 Å². The predicted molar refractivity (Wildman–Crippen MR) is 118 cm³/mol. The van der Waals surface area contributed by atoms with Gasteiger partial charge in [0.2, 0.25) is 17.8 Å². The highest BCUT2D eigenvalue weighted by molar-refractivity contribution is 6.04. The first-order valence-electron chi connectivity index (χ1n) is 10.5. The number of aromatic amines is 1. The summed E-state index contributed by atoms with van der Waals surface area (Å²) < 4.78 is 5.18. The molecule has 9 nitrogen and oxygen atoms in total. The summed E-state index contributed by atoms with van der Waals surface area (Å²) in [4.78, 5) is 47.9. The predicted octanol–water partition coefficient (Wildman–Crippen LogP) is 2.61. The van der Waals surface area contributed by atoms with E-state index >= 15 is 0 Å². The Kier molecular flexibility index (Phi) is 5.67. The van der Waals surface area contributed by atoms with Gasteiger partial charge in [0.25, 0.3) is 5.56 Å². The summed E-state index contributed by atoms with van der Waals surface area (Å²) in [5.74, 6) is -0.542. The van der Waals surface area contributed by atoms with Crippen LogP contribution in [0, 0.1) is 0 Å². The lowest BCUT2D eigenvalue weighted by atomic mass is 9.92. The summed E-state index contributed by atoms with van der Waals surface area (Å²) in [6, 6.07) is 7.34. The zero-order valence-corrected chi connectivity index (χ0v) is 17.9. The van der Waals surface area contributed by atoms with Crippen molar-refractivity contribution in [3.8, 4) is 5.75 Å². The Bertz CT molecular complexity index is 1060. The van der Waals surface area contributed by atoms with Crippen molar-refractivity contribution in [1.29, 1.82) is 0 Å². The molecule has 0 spiro atoms. The van der Waals surface area contributed by atoms with E-state index in [1.54, 1.807) is 24.3 Å². The number of nitrogens with zero attached hydrogens (tertiary/aromatic N) is 2. The number of benzene rings is 1. The zero-order chi connectivity index (χ0) is 22.1. The molecule has 3 unspecified atom stereocenters. The molecule has 1 aromatic heterocycles. The van der Waals surface area contributed by atoms with Crippen molar-refractivity contribution < 1.29 is 14.3 Å². The van der Waals surface area contributed by atoms with E-state index in [2.05, 4.69) is 39.3 Å². The lowest BCUT2D eigenvalue weighted by Gasteiger charge is -2.39. The Morgan fingerprint density at radius 1 is 1.23 bits per heavy atom. The maximum atomic E-state index is 13.0. The maximum Gasteiger partial charge on any atom is 0.258 e. The van der Waals surface area contributed by atoms with Crippen LogP contribution in [0.25, 0.3) is 0 Å². The molecule has 2 aliphatic rings. The van der Waals surface area contributed by atoms with Gasteiger partial charge in [-0.25, -0.2) is 0 Å². The summed E-state index contributed by atoms with van der Waals surface area (Å²) in [6.45, 7) is 4.19. The molecule has 31 heavy (non-hydrogen) atoms. The average Bonchev–Trinajstić information content (AvgIpc) is 2.73. The van der Waals surface area contributed by atoms with Crippen LogP contribution in [0.3, 0.4) is 0 Å². The fourth-order valence-corrected chi connectivity index (χ4v) is 4.47. The molecule has 0 bridgehead atoms. The fraction of sp³-hybridized carbons (Fsp3) is 0.455. The first-order valence-corrected chi connectivity index (χ1v) is 10.5. The Morgan fingerprint density at radius 2 is 1.97 bits per heavy atom. The first-order chi connectivity index (χ1) is 14.9. The number of piperidine rings is 1. The minimum Gasteiger partial charge on any atom is -0.497 e. The molecule has 1 aromatic carbocycles. The van der Waals surface area contributed by atoms with Gasteiger partial charge in [-0.3, -0.25) is 19.4 Å². The minimum absolute atomic E-state index is 0.122. The number of methoxy groups -OCH3 is 1. The second kappa shape index (κ2) is 8.41.